The average molecular weight is 227 g/mol. The quantitative estimate of drug-likeness (QED) is 0.849. The number of benzene rings is 1. The Morgan fingerprint density at radius 2 is 2.27 bits per heavy atom. The van der Waals surface area contributed by atoms with Crippen LogP contribution in [0.3, 0.4) is 0 Å². The van der Waals surface area contributed by atoms with Crippen LogP contribution < -0.4 is 5.73 Å². The van der Waals surface area contributed by atoms with E-state index in [-0.39, 0.29) is 12.5 Å². The van der Waals surface area contributed by atoms with Crippen molar-refractivity contribution in [3.63, 3.8) is 0 Å². The summed E-state index contributed by atoms with van der Waals surface area (Å²) in [7, 11) is 0. The van der Waals surface area contributed by atoms with E-state index in [0.29, 0.717) is 18.1 Å². The zero-order valence-corrected chi connectivity index (χ0v) is 9.50. The summed E-state index contributed by atoms with van der Waals surface area (Å²) in [5, 5.41) is 0.684. The van der Waals surface area contributed by atoms with Gasteiger partial charge in [-0.1, -0.05) is 23.7 Å². The lowest BCUT2D eigenvalue weighted by molar-refractivity contribution is -0.130. The maximum Gasteiger partial charge on any atom is 0.236 e. The van der Waals surface area contributed by atoms with Crippen LogP contribution in [-0.2, 0) is 11.3 Å². The molecule has 0 spiro atoms. The summed E-state index contributed by atoms with van der Waals surface area (Å²) in [6, 6.07) is 7.48. The molecule has 0 aliphatic rings. The van der Waals surface area contributed by atoms with Gasteiger partial charge in [-0.2, -0.15) is 0 Å². The molecule has 0 fully saturated rings. The number of carbonyl (C=O) groups excluding carboxylic acids is 1. The maximum absolute atomic E-state index is 11.4. The molecule has 0 bridgehead atoms. The van der Waals surface area contributed by atoms with E-state index in [1.807, 2.05) is 31.2 Å². The number of nitrogens with two attached hydrogens (primary N) is 1. The van der Waals surface area contributed by atoms with E-state index in [4.69, 9.17) is 17.3 Å². The molecular formula is C11H15ClN2O. The molecule has 0 heterocycles. The highest BCUT2D eigenvalue weighted by Crippen LogP contribution is 2.12. The maximum atomic E-state index is 11.4. The van der Waals surface area contributed by atoms with Crippen LogP contribution in [0.4, 0.5) is 0 Å². The lowest BCUT2D eigenvalue weighted by Gasteiger charge is -2.20. The first-order valence-electron chi connectivity index (χ1n) is 4.89. The minimum absolute atomic E-state index is 0.0440. The SMILES string of the molecule is CCN(Cc1cccc(Cl)c1)C(=O)CN. The molecule has 2 N–H and O–H groups in total. The molecule has 0 aromatic heterocycles. The highest BCUT2D eigenvalue weighted by molar-refractivity contribution is 6.30. The first-order valence-corrected chi connectivity index (χ1v) is 5.27. The van der Waals surface area contributed by atoms with Crippen molar-refractivity contribution in [1.29, 1.82) is 0 Å². The largest absolute Gasteiger partial charge is 0.338 e. The summed E-state index contributed by atoms with van der Waals surface area (Å²) < 4.78 is 0. The van der Waals surface area contributed by atoms with Gasteiger partial charge in [0, 0.05) is 18.1 Å². The fourth-order valence-electron chi connectivity index (χ4n) is 1.36. The Morgan fingerprint density at radius 3 is 2.80 bits per heavy atom. The van der Waals surface area contributed by atoms with Gasteiger partial charge < -0.3 is 10.6 Å². The highest BCUT2D eigenvalue weighted by Gasteiger charge is 2.09. The van der Waals surface area contributed by atoms with E-state index in [9.17, 15) is 4.79 Å². The Hall–Kier alpha value is -1.06. The van der Waals surface area contributed by atoms with Crippen LogP contribution in [0.5, 0.6) is 0 Å². The number of hydrogen-bond donors (Lipinski definition) is 1. The van der Waals surface area contributed by atoms with Crippen molar-refractivity contribution in [2.45, 2.75) is 13.5 Å². The summed E-state index contributed by atoms with van der Waals surface area (Å²) in [6.45, 7) is 3.20. The van der Waals surface area contributed by atoms with Gasteiger partial charge in [-0.05, 0) is 24.6 Å². The molecule has 0 atom stereocenters. The van der Waals surface area contributed by atoms with Crippen molar-refractivity contribution in [3.8, 4) is 0 Å². The second-order valence-electron chi connectivity index (χ2n) is 3.24. The summed E-state index contributed by atoms with van der Waals surface area (Å²) in [4.78, 5) is 13.1. The van der Waals surface area contributed by atoms with Crippen molar-refractivity contribution in [3.05, 3.63) is 34.9 Å². The van der Waals surface area contributed by atoms with Crippen LogP contribution in [-0.4, -0.2) is 23.9 Å². The molecule has 1 rings (SSSR count). The molecule has 3 nitrogen and oxygen atoms in total. The minimum Gasteiger partial charge on any atom is -0.338 e. The van der Waals surface area contributed by atoms with Gasteiger partial charge in [0.1, 0.15) is 0 Å². The molecule has 0 saturated carbocycles. The van der Waals surface area contributed by atoms with Gasteiger partial charge in [0.05, 0.1) is 6.54 Å². The lowest BCUT2D eigenvalue weighted by Crippen LogP contribution is -2.35. The third kappa shape index (κ3) is 3.53. The first kappa shape index (κ1) is 12.0. The summed E-state index contributed by atoms with van der Waals surface area (Å²) in [5.74, 6) is -0.0440. The number of carbonyl (C=O) groups is 1. The lowest BCUT2D eigenvalue weighted by atomic mass is 10.2. The smallest absolute Gasteiger partial charge is 0.236 e. The first-order chi connectivity index (χ1) is 7.17. The average Bonchev–Trinajstić information content (AvgIpc) is 2.25. The van der Waals surface area contributed by atoms with E-state index in [1.54, 1.807) is 4.90 Å². The van der Waals surface area contributed by atoms with E-state index in [0.717, 1.165) is 5.56 Å². The molecule has 4 heteroatoms. The molecule has 1 aromatic rings. The van der Waals surface area contributed by atoms with E-state index < -0.39 is 0 Å². The van der Waals surface area contributed by atoms with Crippen LogP contribution in [0.2, 0.25) is 5.02 Å². The predicted molar refractivity (Wildman–Crippen MR) is 61.6 cm³/mol. The van der Waals surface area contributed by atoms with Crippen molar-refractivity contribution in [1.82, 2.24) is 4.90 Å². The summed E-state index contributed by atoms with van der Waals surface area (Å²) in [5.41, 5.74) is 6.33. The Kier molecular flexibility index (Phi) is 4.59. The minimum atomic E-state index is -0.0440. The zero-order chi connectivity index (χ0) is 11.3. The van der Waals surface area contributed by atoms with Gasteiger partial charge in [-0.15, -0.1) is 0 Å². The van der Waals surface area contributed by atoms with Gasteiger partial charge in [0.25, 0.3) is 0 Å². The van der Waals surface area contributed by atoms with E-state index >= 15 is 0 Å². The summed E-state index contributed by atoms with van der Waals surface area (Å²) >= 11 is 5.86. The van der Waals surface area contributed by atoms with Crippen molar-refractivity contribution < 1.29 is 4.79 Å². The number of amides is 1. The molecule has 0 aliphatic heterocycles. The second-order valence-corrected chi connectivity index (χ2v) is 3.68. The molecule has 82 valence electrons. The fourth-order valence-corrected chi connectivity index (χ4v) is 1.57. The van der Waals surface area contributed by atoms with E-state index in [2.05, 4.69) is 0 Å². The monoisotopic (exact) mass is 226 g/mol. The Morgan fingerprint density at radius 1 is 1.53 bits per heavy atom. The van der Waals surface area contributed by atoms with Gasteiger partial charge in [0.15, 0.2) is 0 Å². The van der Waals surface area contributed by atoms with Crippen LogP contribution in [0.15, 0.2) is 24.3 Å². The van der Waals surface area contributed by atoms with Crippen molar-refractivity contribution in [2.75, 3.05) is 13.1 Å². The number of rotatable bonds is 4. The fraction of sp³-hybridized carbons (Fsp3) is 0.364. The number of halogens is 1. The van der Waals surface area contributed by atoms with Gasteiger partial charge in [-0.3, -0.25) is 4.79 Å². The van der Waals surface area contributed by atoms with E-state index in [1.165, 1.54) is 0 Å². The molecule has 0 radical (unpaired) electrons. The predicted octanol–water partition coefficient (Wildman–Crippen LogP) is 1.65. The van der Waals surface area contributed by atoms with Gasteiger partial charge >= 0.3 is 0 Å². The van der Waals surface area contributed by atoms with Crippen LogP contribution >= 0.6 is 11.6 Å². The third-order valence-corrected chi connectivity index (χ3v) is 2.41. The Labute approximate surface area is 94.8 Å². The highest BCUT2D eigenvalue weighted by atomic mass is 35.5. The number of hydrogen-bond acceptors (Lipinski definition) is 2. The zero-order valence-electron chi connectivity index (χ0n) is 8.74. The summed E-state index contributed by atoms with van der Waals surface area (Å²) in [6.07, 6.45) is 0. The number of nitrogens with zero attached hydrogens (tertiary/aromatic N) is 1. The second kappa shape index (κ2) is 5.73. The standard InChI is InChI=1S/C11H15ClN2O/c1-2-14(11(15)7-13)8-9-4-3-5-10(12)6-9/h3-6H,2,7-8,13H2,1H3. The topological polar surface area (TPSA) is 46.3 Å². The third-order valence-electron chi connectivity index (χ3n) is 2.17. The van der Waals surface area contributed by atoms with Crippen molar-refractivity contribution in [2.24, 2.45) is 5.73 Å². The molecular weight excluding hydrogens is 212 g/mol. The molecule has 1 amide bonds. The van der Waals surface area contributed by atoms with Gasteiger partial charge in [-0.25, -0.2) is 0 Å². The molecule has 0 saturated heterocycles. The molecule has 15 heavy (non-hydrogen) atoms. The van der Waals surface area contributed by atoms with Gasteiger partial charge in [0.2, 0.25) is 5.91 Å². The van der Waals surface area contributed by atoms with Crippen molar-refractivity contribution >= 4 is 17.5 Å². The Balaban J connectivity index is 2.70. The molecule has 0 aliphatic carbocycles. The molecule has 0 unspecified atom stereocenters. The molecule has 1 aromatic carbocycles. The Bertz CT molecular complexity index is 341. The normalized spacial score (nSPS) is 10.1. The van der Waals surface area contributed by atoms with Crippen LogP contribution in [0, 0.1) is 0 Å². The van der Waals surface area contributed by atoms with Crippen LogP contribution in [0.1, 0.15) is 12.5 Å². The number of likely N-dealkylation sites (N-methyl/N-ethyl adjacent to an activating group) is 1. The van der Waals surface area contributed by atoms with Crippen LogP contribution in [0.25, 0.3) is 0 Å².